The van der Waals surface area contributed by atoms with Crippen LogP contribution < -0.4 is 15.4 Å². The quantitative estimate of drug-likeness (QED) is 0.425. The summed E-state index contributed by atoms with van der Waals surface area (Å²) in [7, 11) is 3.40. The highest BCUT2D eigenvalue weighted by atomic mass is 35.5. The third-order valence-electron chi connectivity index (χ3n) is 5.15. The van der Waals surface area contributed by atoms with E-state index >= 15 is 0 Å². The minimum Gasteiger partial charge on any atom is -0.495 e. The van der Waals surface area contributed by atoms with E-state index in [2.05, 4.69) is 27.8 Å². The lowest BCUT2D eigenvalue weighted by atomic mass is 9.96. The third-order valence-corrected chi connectivity index (χ3v) is 5.49. The van der Waals surface area contributed by atoms with Gasteiger partial charge in [0.05, 0.1) is 18.4 Å². The number of nitrogens with one attached hydrogen (secondary N) is 2. The molecule has 1 aliphatic rings. The van der Waals surface area contributed by atoms with E-state index in [0.29, 0.717) is 17.3 Å². The van der Waals surface area contributed by atoms with Gasteiger partial charge in [-0.1, -0.05) is 57.5 Å². The fraction of sp³-hybridized carbons (Fsp3) is 0.346. The molecule has 1 atom stereocenters. The highest BCUT2D eigenvalue weighted by Gasteiger charge is 2.30. The molecule has 0 amide bonds. The maximum atomic E-state index is 9.17. The molecule has 0 fully saturated rings. The van der Waals surface area contributed by atoms with Crippen LogP contribution in [0.3, 0.4) is 0 Å². The number of nitrogens with zero attached hydrogens (tertiary/aromatic N) is 3. The van der Waals surface area contributed by atoms with Crippen molar-refractivity contribution in [3.63, 3.8) is 0 Å². The molecule has 0 radical (unpaired) electrons. The fourth-order valence-corrected chi connectivity index (χ4v) is 4.04. The number of hydrogen-bond acceptors (Lipinski definition) is 6. The third kappa shape index (κ3) is 5.74. The monoisotopic (exact) mass is 465 g/mol. The van der Waals surface area contributed by atoms with Crippen LogP contribution in [-0.2, 0) is 6.42 Å². The number of hydrogen-bond donors (Lipinski definition) is 2. The van der Waals surface area contributed by atoms with E-state index in [0.717, 1.165) is 46.2 Å². The number of ether oxygens (including phenoxy) is 1. The molecule has 1 aliphatic carbocycles. The summed E-state index contributed by atoms with van der Waals surface area (Å²) in [5, 5.41) is 16.3. The predicted octanol–water partition coefficient (Wildman–Crippen LogP) is 6.93. The van der Waals surface area contributed by atoms with Crippen molar-refractivity contribution in [2.24, 2.45) is 0 Å². The molecule has 174 valence electrons. The van der Waals surface area contributed by atoms with Gasteiger partial charge in [0.15, 0.2) is 0 Å². The van der Waals surface area contributed by atoms with E-state index in [-0.39, 0.29) is 5.92 Å². The van der Waals surface area contributed by atoms with Gasteiger partial charge >= 0.3 is 0 Å². The zero-order valence-corrected chi connectivity index (χ0v) is 20.9. The summed E-state index contributed by atoms with van der Waals surface area (Å²) < 4.78 is 5.29. The molecule has 0 bridgehead atoms. The Morgan fingerprint density at radius 1 is 1.09 bits per heavy atom. The second-order valence-corrected chi connectivity index (χ2v) is 7.18. The van der Waals surface area contributed by atoms with Crippen LogP contribution in [0.5, 0.6) is 5.75 Å². The zero-order valence-electron chi connectivity index (χ0n) is 20.2. The highest BCUT2D eigenvalue weighted by Crippen LogP contribution is 2.42. The Kier molecular flexibility index (Phi) is 9.96. The van der Waals surface area contributed by atoms with Gasteiger partial charge < -0.3 is 15.4 Å². The number of anilines is 3. The highest BCUT2D eigenvalue weighted by molar-refractivity contribution is 6.31. The standard InChI is InChI=1S/C22H20ClN5O.2C2H6/c1-25-21-17-10-9-16(15-5-3-4-6-18(15)23)20(17)27-22(28-21)26-14-8-7-13(12-24)19(11-14)29-2;2*1-2/h3-8,11,16H,9-10H2,1-2H3,(H2,25,26,27,28);2*1-2H3. The van der Waals surface area contributed by atoms with Gasteiger partial charge in [-0.3, -0.25) is 0 Å². The number of rotatable bonds is 5. The zero-order chi connectivity index (χ0) is 24.4. The van der Waals surface area contributed by atoms with Gasteiger partial charge in [0, 0.05) is 35.3 Å². The van der Waals surface area contributed by atoms with Crippen molar-refractivity contribution in [2.75, 3.05) is 24.8 Å². The first-order chi connectivity index (χ1) is 16.1. The Morgan fingerprint density at radius 3 is 2.45 bits per heavy atom. The molecule has 1 unspecified atom stereocenters. The van der Waals surface area contributed by atoms with Gasteiger partial charge in [-0.15, -0.1) is 0 Å². The molecule has 1 heterocycles. The first kappa shape index (κ1) is 26.0. The van der Waals surface area contributed by atoms with Crippen molar-refractivity contribution >= 4 is 29.1 Å². The maximum Gasteiger partial charge on any atom is 0.229 e. The molecule has 0 saturated carbocycles. The molecule has 3 aromatic rings. The Labute approximate surface area is 202 Å². The molecular weight excluding hydrogens is 434 g/mol. The van der Waals surface area contributed by atoms with E-state index in [1.165, 1.54) is 0 Å². The molecule has 4 rings (SSSR count). The number of halogens is 1. The Hall–Kier alpha value is -3.30. The Bertz CT molecular complexity index is 1110. The minimum atomic E-state index is 0.129. The van der Waals surface area contributed by atoms with E-state index < -0.39 is 0 Å². The summed E-state index contributed by atoms with van der Waals surface area (Å²) in [5.41, 5.74) is 4.42. The van der Waals surface area contributed by atoms with Gasteiger partial charge in [0.2, 0.25) is 5.95 Å². The first-order valence-electron chi connectivity index (χ1n) is 11.3. The SMILES string of the molecule is CC.CC.CNc1nc(Nc2ccc(C#N)c(OC)c2)nc2c1CCC2c1ccccc1Cl. The summed E-state index contributed by atoms with van der Waals surface area (Å²) in [6.45, 7) is 8.00. The topological polar surface area (TPSA) is 82.9 Å². The van der Waals surface area contributed by atoms with Crippen LogP contribution in [0, 0.1) is 11.3 Å². The lowest BCUT2D eigenvalue weighted by molar-refractivity contribution is 0.413. The van der Waals surface area contributed by atoms with Crippen molar-refractivity contribution in [1.82, 2.24) is 9.97 Å². The van der Waals surface area contributed by atoms with Crippen LogP contribution in [0.2, 0.25) is 5.02 Å². The molecule has 0 saturated heterocycles. The van der Waals surface area contributed by atoms with E-state index in [4.69, 9.17) is 26.6 Å². The molecular formula is C26H32ClN5O. The van der Waals surface area contributed by atoms with Crippen LogP contribution in [0.4, 0.5) is 17.5 Å². The molecule has 7 heteroatoms. The van der Waals surface area contributed by atoms with E-state index in [9.17, 15) is 0 Å². The second kappa shape index (κ2) is 12.7. The van der Waals surface area contributed by atoms with E-state index in [1.54, 1.807) is 19.2 Å². The van der Waals surface area contributed by atoms with Crippen molar-refractivity contribution in [3.05, 3.63) is 69.9 Å². The first-order valence-corrected chi connectivity index (χ1v) is 11.7. The van der Waals surface area contributed by atoms with Gasteiger partial charge in [0.25, 0.3) is 0 Å². The molecule has 2 N–H and O–H groups in total. The minimum absolute atomic E-state index is 0.129. The molecule has 1 aromatic heterocycles. The van der Waals surface area contributed by atoms with Crippen molar-refractivity contribution in [3.8, 4) is 11.8 Å². The average Bonchev–Trinajstić information content (AvgIpc) is 3.30. The van der Waals surface area contributed by atoms with Crippen LogP contribution in [0.1, 0.15) is 62.4 Å². The molecule has 33 heavy (non-hydrogen) atoms. The van der Waals surface area contributed by atoms with Crippen molar-refractivity contribution < 1.29 is 4.74 Å². The molecule has 2 aromatic carbocycles. The van der Waals surface area contributed by atoms with Crippen LogP contribution in [0.25, 0.3) is 0 Å². The summed E-state index contributed by atoms with van der Waals surface area (Å²) in [6.07, 6.45) is 1.84. The van der Waals surface area contributed by atoms with E-state index in [1.807, 2.05) is 59.0 Å². The van der Waals surface area contributed by atoms with Gasteiger partial charge in [0.1, 0.15) is 17.6 Å². The second-order valence-electron chi connectivity index (χ2n) is 6.77. The molecule has 0 spiro atoms. The number of aromatic nitrogens is 2. The Morgan fingerprint density at radius 2 is 1.82 bits per heavy atom. The van der Waals surface area contributed by atoms with Gasteiger partial charge in [-0.2, -0.15) is 10.2 Å². The van der Waals surface area contributed by atoms with Crippen LogP contribution in [-0.4, -0.2) is 24.1 Å². The normalized spacial score (nSPS) is 13.3. The number of fused-ring (bicyclic) bond motifs is 1. The lowest BCUT2D eigenvalue weighted by Crippen LogP contribution is -2.08. The lowest BCUT2D eigenvalue weighted by Gasteiger charge is -2.16. The molecule has 0 aliphatic heterocycles. The van der Waals surface area contributed by atoms with Crippen LogP contribution in [0.15, 0.2) is 42.5 Å². The van der Waals surface area contributed by atoms with Crippen molar-refractivity contribution in [1.29, 1.82) is 5.26 Å². The average molecular weight is 466 g/mol. The van der Waals surface area contributed by atoms with Crippen molar-refractivity contribution in [2.45, 2.75) is 46.5 Å². The summed E-state index contributed by atoms with van der Waals surface area (Å²) >= 11 is 6.46. The van der Waals surface area contributed by atoms with Gasteiger partial charge in [-0.25, -0.2) is 4.98 Å². The van der Waals surface area contributed by atoms with Gasteiger partial charge in [-0.05, 0) is 36.6 Å². The summed E-state index contributed by atoms with van der Waals surface area (Å²) in [6, 6.07) is 15.3. The number of nitriles is 1. The smallest absolute Gasteiger partial charge is 0.229 e. The summed E-state index contributed by atoms with van der Waals surface area (Å²) in [4.78, 5) is 9.46. The maximum absolute atomic E-state index is 9.17. The van der Waals surface area contributed by atoms with Crippen LogP contribution >= 0.6 is 11.6 Å². The largest absolute Gasteiger partial charge is 0.495 e. The fourth-order valence-electron chi connectivity index (χ4n) is 3.77. The molecule has 6 nitrogen and oxygen atoms in total. The predicted molar refractivity (Wildman–Crippen MR) is 137 cm³/mol. The Balaban J connectivity index is 0.000000914. The summed E-state index contributed by atoms with van der Waals surface area (Å²) in [5.74, 6) is 1.93. The number of methoxy groups -OCH3 is 1. The number of benzene rings is 2.